The van der Waals surface area contributed by atoms with Crippen LogP contribution in [-0.4, -0.2) is 5.91 Å². The minimum Gasteiger partial charge on any atom is -0.347 e. The van der Waals surface area contributed by atoms with E-state index in [1.165, 1.54) is 22.1 Å². The summed E-state index contributed by atoms with van der Waals surface area (Å²) in [7, 11) is 0. The van der Waals surface area contributed by atoms with E-state index in [-0.39, 0.29) is 5.91 Å². The number of nitrogens with one attached hydrogen (secondary N) is 1. The number of hydrogen-bond acceptors (Lipinski definition) is 3. The highest BCUT2D eigenvalue weighted by molar-refractivity contribution is 7.80. The number of fused-ring (bicyclic) bond motifs is 1. The van der Waals surface area contributed by atoms with Crippen LogP contribution in [0.1, 0.15) is 15.2 Å². The molecule has 3 aromatic rings. The number of thiol groups is 1. The van der Waals surface area contributed by atoms with E-state index in [1.54, 1.807) is 6.07 Å². The van der Waals surface area contributed by atoms with Gasteiger partial charge < -0.3 is 5.32 Å². The van der Waals surface area contributed by atoms with Crippen LogP contribution in [0.15, 0.2) is 58.8 Å². The van der Waals surface area contributed by atoms with Gasteiger partial charge in [-0.05, 0) is 22.4 Å². The molecule has 0 radical (unpaired) electrons. The van der Waals surface area contributed by atoms with Gasteiger partial charge in [-0.25, -0.2) is 0 Å². The molecule has 0 saturated carbocycles. The summed E-state index contributed by atoms with van der Waals surface area (Å²) in [5.41, 5.74) is 1.12. The van der Waals surface area contributed by atoms with E-state index in [0.717, 1.165) is 10.5 Å². The zero-order chi connectivity index (χ0) is 13.9. The van der Waals surface area contributed by atoms with E-state index < -0.39 is 0 Å². The van der Waals surface area contributed by atoms with Crippen LogP contribution in [0, 0.1) is 0 Å². The maximum absolute atomic E-state index is 12.0. The van der Waals surface area contributed by atoms with E-state index >= 15 is 0 Å². The van der Waals surface area contributed by atoms with E-state index in [0.29, 0.717) is 11.4 Å². The molecule has 0 bridgehead atoms. The first-order chi connectivity index (χ1) is 9.74. The lowest BCUT2D eigenvalue weighted by atomic mass is 10.0. The van der Waals surface area contributed by atoms with Gasteiger partial charge in [-0.15, -0.1) is 24.0 Å². The minimum absolute atomic E-state index is 0.0526. The molecule has 1 aromatic heterocycles. The number of thiophene rings is 1. The molecule has 4 heteroatoms. The summed E-state index contributed by atoms with van der Waals surface area (Å²) in [4.78, 5) is 13.5. The number of benzene rings is 2. The Balaban J connectivity index is 1.79. The van der Waals surface area contributed by atoms with Crippen molar-refractivity contribution in [3.8, 4) is 0 Å². The van der Waals surface area contributed by atoms with Crippen LogP contribution in [0.2, 0.25) is 0 Å². The van der Waals surface area contributed by atoms with Gasteiger partial charge in [0.15, 0.2) is 0 Å². The largest absolute Gasteiger partial charge is 0.347 e. The SMILES string of the molecule is O=C(NCc1cccc2ccccc12)c1cc(S)cs1. The van der Waals surface area contributed by atoms with Crippen molar-refractivity contribution in [2.75, 3.05) is 0 Å². The fraction of sp³-hybridized carbons (Fsp3) is 0.0625. The summed E-state index contributed by atoms with van der Waals surface area (Å²) >= 11 is 5.62. The molecule has 0 spiro atoms. The topological polar surface area (TPSA) is 29.1 Å². The second-order valence-corrected chi connectivity index (χ2v) is 5.92. The third-order valence-electron chi connectivity index (χ3n) is 3.13. The molecule has 1 N–H and O–H groups in total. The first kappa shape index (κ1) is 13.2. The molecule has 0 saturated heterocycles. The Kier molecular flexibility index (Phi) is 3.76. The molecule has 1 amide bonds. The molecule has 20 heavy (non-hydrogen) atoms. The predicted octanol–water partition coefficient (Wildman–Crippen LogP) is 4.12. The van der Waals surface area contributed by atoms with Gasteiger partial charge in [0, 0.05) is 16.8 Å². The highest BCUT2D eigenvalue weighted by Crippen LogP contribution is 2.20. The molecule has 3 rings (SSSR count). The van der Waals surface area contributed by atoms with Crippen molar-refractivity contribution in [1.29, 1.82) is 0 Å². The lowest BCUT2D eigenvalue weighted by Gasteiger charge is -2.07. The van der Waals surface area contributed by atoms with Crippen molar-refractivity contribution < 1.29 is 4.79 Å². The van der Waals surface area contributed by atoms with Gasteiger partial charge in [0.2, 0.25) is 0 Å². The molecular formula is C16H13NOS2. The van der Waals surface area contributed by atoms with Crippen LogP contribution >= 0.6 is 24.0 Å². The monoisotopic (exact) mass is 299 g/mol. The van der Waals surface area contributed by atoms with Crippen LogP contribution in [0.5, 0.6) is 0 Å². The van der Waals surface area contributed by atoms with Crippen molar-refractivity contribution in [3.05, 3.63) is 64.4 Å². The Bertz CT molecular complexity index is 759. The highest BCUT2D eigenvalue weighted by atomic mass is 32.1. The van der Waals surface area contributed by atoms with Crippen LogP contribution < -0.4 is 5.32 Å². The van der Waals surface area contributed by atoms with Gasteiger partial charge in [0.05, 0.1) is 4.88 Å². The van der Waals surface area contributed by atoms with E-state index in [1.807, 2.05) is 29.6 Å². The van der Waals surface area contributed by atoms with E-state index in [2.05, 4.69) is 36.1 Å². The van der Waals surface area contributed by atoms with Gasteiger partial charge in [-0.2, -0.15) is 0 Å². The molecule has 0 unspecified atom stereocenters. The zero-order valence-electron chi connectivity index (χ0n) is 10.7. The first-order valence-corrected chi connectivity index (χ1v) is 7.59. The molecule has 1 heterocycles. The number of hydrogen-bond donors (Lipinski definition) is 2. The van der Waals surface area contributed by atoms with Crippen LogP contribution in [0.25, 0.3) is 10.8 Å². The molecular weight excluding hydrogens is 286 g/mol. The maximum atomic E-state index is 12.0. The zero-order valence-corrected chi connectivity index (χ0v) is 12.4. The molecule has 0 aliphatic heterocycles. The van der Waals surface area contributed by atoms with Crippen LogP contribution in [0.4, 0.5) is 0 Å². The Labute approximate surface area is 126 Å². The van der Waals surface area contributed by atoms with Crippen molar-refractivity contribution in [3.63, 3.8) is 0 Å². The van der Waals surface area contributed by atoms with Crippen molar-refractivity contribution in [2.45, 2.75) is 11.4 Å². The smallest absolute Gasteiger partial charge is 0.261 e. The van der Waals surface area contributed by atoms with Crippen LogP contribution in [0.3, 0.4) is 0 Å². The summed E-state index contributed by atoms with van der Waals surface area (Å²) in [6, 6.07) is 16.1. The third kappa shape index (κ3) is 2.71. The Morgan fingerprint density at radius 1 is 1.15 bits per heavy atom. The average molecular weight is 299 g/mol. The fourth-order valence-corrected chi connectivity index (χ4v) is 3.22. The normalized spacial score (nSPS) is 10.7. The lowest BCUT2D eigenvalue weighted by Crippen LogP contribution is -2.21. The molecule has 2 aromatic carbocycles. The molecule has 0 atom stereocenters. The fourth-order valence-electron chi connectivity index (χ4n) is 2.15. The van der Waals surface area contributed by atoms with Crippen molar-refractivity contribution >= 4 is 40.6 Å². The van der Waals surface area contributed by atoms with Crippen molar-refractivity contribution in [2.24, 2.45) is 0 Å². The molecule has 0 aliphatic carbocycles. The Hall–Kier alpha value is -1.78. The summed E-state index contributed by atoms with van der Waals surface area (Å²) < 4.78 is 0. The predicted molar refractivity (Wildman–Crippen MR) is 86.7 cm³/mol. The molecule has 2 nitrogen and oxygen atoms in total. The standard InChI is InChI=1S/C16H13NOS2/c18-16(15-8-13(19)10-20-15)17-9-12-6-3-5-11-4-1-2-7-14(11)12/h1-8,10,19H,9H2,(H,17,18). The van der Waals surface area contributed by atoms with Gasteiger partial charge >= 0.3 is 0 Å². The third-order valence-corrected chi connectivity index (χ3v) is 4.49. The molecule has 100 valence electrons. The van der Waals surface area contributed by atoms with E-state index in [4.69, 9.17) is 0 Å². The number of carbonyl (C=O) groups excluding carboxylic acids is 1. The van der Waals surface area contributed by atoms with Gasteiger partial charge in [0.25, 0.3) is 5.91 Å². The minimum atomic E-state index is -0.0526. The number of amides is 1. The van der Waals surface area contributed by atoms with Gasteiger partial charge in [-0.1, -0.05) is 42.5 Å². The number of rotatable bonds is 3. The molecule has 0 fully saturated rings. The van der Waals surface area contributed by atoms with Crippen molar-refractivity contribution in [1.82, 2.24) is 5.32 Å². The quantitative estimate of drug-likeness (QED) is 0.700. The summed E-state index contributed by atoms with van der Waals surface area (Å²) in [5.74, 6) is -0.0526. The lowest BCUT2D eigenvalue weighted by molar-refractivity contribution is 0.0955. The van der Waals surface area contributed by atoms with E-state index in [9.17, 15) is 4.79 Å². The highest BCUT2D eigenvalue weighted by Gasteiger charge is 2.08. The van der Waals surface area contributed by atoms with Crippen LogP contribution in [-0.2, 0) is 6.54 Å². The number of carbonyl (C=O) groups is 1. The maximum Gasteiger partial charge on any atom is 0.261 e. The summed E-state index contributed by atoms with van der Waals surface area (Å²) in [6.45, 7) is 0.528. The summed E-state index contributed by atoms with van der Waals surface area (Å²) in [6.07, 6.45) is 0. The second kappa shape index (κ2) is 5.69. The van der Waals surface area contributed by atoms with Gasteiger partial charge in [0.1, 0.15) is 0 Å². The summed E-state index contributed by atoms with van der Waals surface area (Å²) in [5, 5.41) is 7.18. The Morgan fingerprint density at radius 2 is 1.95 bits per heavy atom. The van der Waals surface area contributed by atoms with Gasteiger partial charge in [-0.3, -0.25) is 4.79 Å². The second-order valence-electron chi connectivity index (χ2n) is 4.49. The first-order valence-electron chi connectivity index (χ1n) is 6.26. The Morgan fingerprint density at radius 3 is 2.75 bits per heavy atom. The average Bonchev–Trinajstić information content (AvgIpc) is 2.91. The molecule has 0 aliphatic rings.